The molecule has 3 aromatic carbocycles. The number of carbonyl (C=O) groups excluding carboxylic acids is 2. The molecule has 0 radical (unpaired) electrons. The van der Waals surface area contributed by atoms with Gasteiger partial charge in [-0.25, -0.2) is 18.6 Å². The molecule has 0 aliphatic heterocycles. The second-order valence-electron chi connectivity index (χ2n) is 6.97. The lowest BCUT2D eigenvalue weighted by Crippen LogP contribution is -2.32. The van der Waals surface area contributed by atoms with E-state index in [9.17, 15) is 18.0 Å². The average Bonchev–Trinajstić information content (AvgIpc) is 2.87. The van der Waals surface area contributed by atoms with Crippen molar-refractivity contribution in [2.24, 2.45) is 5.10 Å². The van der Waals surface area contributed by atoms with Gasteiger partial charge in [0.05, 0.1) is 5.71 Å². The Morgan fingerprint density at radius 2 is 1.35 bits per heavy atom. The molecule has 1 amide bonds. The van der Waals surface area contributed by atoms with E-state index in [0.717, 1.165) is 16.5 Å². The van der Waals surface area contributed by atoms with Crippen LogP contribution >= 0.6 is 0 Å². The Kier molecular flexibility index (Phi) is 8.84. The summed E-state index contributed by atoms with van der Waals surface area (Å²) in [4.78, 5) is 24.0. The Labute approximate surface area is 198 Å². The molecule has 0 bridgehead atoms. The van der Waals surface area contributed by atoms with Gasteiger partial charge in [0.1, 0.15) is 6.54 Å². The van der Waals surface area contributed by atoms with Crippen LogP contribution in [0, 0.1) is 0 Å². The van der Waals surface area contributed by atoms with E-state index in [0.29, 0.717) is 11.3 Å². The van der Waals surface area contributed by atoms with E-state index in [1.165, 1.54) is 6.08 Å². The monoisotopic (exact) mass is 477 g/mol. The molecule has 0 saturated carbocycles. The molecule has 2 N–H and O–H groups in total. The van der Waals surface area contributed by atoms with Crippen LogP contribution in [0.3, 0.4) is 0 Å². The van der Waals surface area contributed by atoms with E-state index < -0.39 is 35.1 Å². The number of esters is 1. The largest absolute Gasteiger partial charge is 0.455 e. The Bertz CT molecular complexity index is 1220. The van der Waals surface area contributed by atoms with Crippen LogP contribution in [0.1, 0.15) is 16.7 Å². The SMILES string of the molecule is O=C(COC(=O)CNS(=O)(=O)/C=C/c1ccccc1)NN=C(c1ccccc1)c1ccccc1. The van der Waals surface area contributed by atoms with E-state index in [2.05, 4.69) is 15.2 Å². The molecule has 8 nitrogen and oxygen atoms in total. The van der Waals surface area contributed by atoms with E-state index in [1.807, 2.05) is 66.7 Å². The fourth-order valence-electron chi connectivity index (χ4n) is 2.78. The van der Waals surface area contributed by atoms with Gasteiger partial charge < -0.3 is 4.74 Å². The normalized spacial score (nSPS) is 11.1. The highest BCUT2D eigenvalue weighted by Gasteiger charge is 2.12. The first-order valence-electron chi connectivity index (χ1n) is 10.3. The van der Waals surface area contributed by atoms with E-state index in [-0.39, 0.29) is 0 Å². The Morgan fingerprint density at radius 3 is 1.91 bits per heavy atom. The highest BCUT2D eigenvalue weighted by molar-refractivity contribution is 7.92. The zero-order chi connectivity index (χ0) is 24.2. The van der Waals surface area contributed by atoms with Gasteiger partial charge in [-0.05, 0) is 11.6 Å². The number of amides is 1. The molecule has 0 spiro atoms. The lowest BCUT2D eigenvalue weighted by Gasteiger charge is -2.08. The maximum atomic E-state index is 12.1. The van der Waals surface area contributed by atoms with Gasteiger partial charge >= 0.3 is 5.97 Å². The van der Waals surface area contributed by atoms with Crippen molar-refractivity contribution in [1.82, 2.24) is 10.1 Å². The second kappa shape index (κ2) is 12.2. The number of rotatable bonds is 10. The number of hydrogen-bond donors (Lipinski definition) is 2. The molecule has 0 aliphatic rings. The predicted molar refractivity (Wildman–Crippen MR) is 130 cm³/mol. The predicted octanol–water partition coefficient (Wildman–Crippen LogP) is 2.69. The summed E-state index contributed by atoms with van der Waals surface area (Å²) in [5.74, 6) is -1.56. The van der Waals surface area contributed by atoms with Crippen molar-refractivity contribution in [3.05, 3.63) is 113 Å². The molecular formula is C25H23N3O5S. The average molecular weight is 478 g/mol. The number of hydrazone groups is 1. The van der Waals surface area contributed by atoms with Crippen LogP contribution in [0.4, 0.5) is 0 Å². The number of ether oxygens (including phenoxy) is 1. The summed E-state index contributed by atoms with van der Waals surface area (Å²) in [5.41, 5.74) is 5.19. The Balaban J connectivity index is 1.51. The number of hydrogen-bond acceptors (Lipinski definition) is 6. The maximum absolute atomic E-state index is 12.1. The van der Waals surface area contributed by atoms with Crippen molar-refractivity contribution >= 4 is 33.7 Å². The second-order valence-corrected chi connectivity index (χ2v) is 8.62. The van der Waals surface area contributed by atoms with Gasteiger partial charge in [0.25, 0.3) is 5.91 Å². The van der Waals surface area contributed by atoms with Gasteiger partial charge in [0, 0.05) is 16.5 Å². The fraction of sp³-hybridized carbons (Fsp3) is 0.0800. The number of benzene rings is 3. The van der Waals surface area contributed by atoms with Gasteiger partial charge in [0.2, 0.25) is 10.0 Å². The van der Waals surface area contributed by atoms with Crippen LogP contribution in [0.2, 0.25) is 0 Å². The summed E-state index contributed by atoms with van der Waals surface area (Å²) in [7, 11) is -3.85. The summed E-state index contributed by atoms with van der Waals surface area (Å²) in [6.45, 7) is -1.22. The first kappa shape index (κ1) is 24.6. The quantitative estimate of drug-likeness (QED) is 0.265. The maximum Gasteiger partial charge on any atom is 0.321 e. The minimum absolute atomic E-state index is 0.541. The molecule has 3 aromatic rings. The Hall–Kier alpha value is -4.08. The van der Waals surface area contributed by atoms with Crippen LogP contribution < -0.4 is 10.1 Å². The van der Waals surface area contributed by atoms with E-state index >= 15 is 0 Å². The summed E-state index contributed by atoms with van der Waals surface area (Å²) < 4.78 is 30.9. The van der Waals surface area contributed by atoms with Crippen LogP contribution in [0.25, 0.3) is 6.08 Å². The molecule has 174 valence electrons. The topological polar surface area (TPSA) is 114 Å². The molecule has 0 unspecified atom stereocenters. The first-order chi connectivity index (χ1) is 16.4. The molecular weight excluding hydrogens is 454 g/mol. The Morgan fingerprint density at radius 1 is 0.824 bits per heavy atom. The molecule has 0 aliphatic carbocycles. The van der Waals surface area contributed by atoms with Gasteiger partial charge in [-0.1, -0.05) is 91.0 Å². The summed E-state index contributed by atoms with van der Waals surface area (Å²) >= 11 is 0. The van der Waals surface area contributed by atoms with Gasteiger partial charge in [-0.15, -0.1) is 0 Å². The smallest absolute Gasteiger partial charge is 0.321 e. The standard InChI is InChI=1S/C25H23N3O5S/c29-23(27-28-25(21-12-6-2-7-13-21)22-14-8-3-9-15-22)19-33-24(30)18-26-34(31,32)17-16-20-10-4-1-5-11-20/h1-17,26H,18-19H2,(H,27,29)/b17-16+. The highest BCUT2D eigenvalue weighted by Crippen LogP contribution is 2.10. The van der Waals surface area contributed by atoms with Gasteiger partial charge in [-0.2, -0.15) is 5.10 Å². The van der Waals surface area contributed by atoms with Crippen molar-refractivity contribution in [3.8, 4) is 0 Å². The van der Waals surface area contributed by atoms with Gasteiger partial charge in [0.15, 0.2) is 6.61 Å². The van der Waals surface area contributed by atoms with E-state index in [1.54, 1.807) is 24.3 Å². The molecule has 0 aromatic heterocycles. The van der Waals surface area contributed by atoms with Crippen LogP contribution in [-0.2, 0) is 24.3 Å². The third kappa shape index (κ3) is 8.12. The summed E-state index contributed by atoms with van der Waals surface area (Å²) in [6.07, 6.45) is 1.40. The lowest BCUT2D eigenvalue weighted by molar-refractivity contribution is -0.147. The van der Waals surface area contributed by atoms with Crippen molar-refractivity contribution in [3.63, 3.8) is 0 Å². The minimum atomic E-state index is -3.85. The first-order valence-corrected chi connectivity index (χ1v) is 11.8. The zero-order valence-corrected chi connectivity index (χ0v) is 18.9. The molecule has 0 atom stereocenters. The summed E-state index contributed by atoms with van der Waals surface area (Å²) in [5, 5.41) is 5.14. The summed E-state index contributed by atoms with van der Waals surface area (Å²) in [6, 6.07) is 27.4. The van der Waals surface area contributed by atoms with Crippen molar-refractivity contribution in [2.75, 3.05) is 13.2 Å². The molecule has 0 fully saturated rings. The molecule has 0 heterocycles. The third-order valence-corrected chi connectivity index (χ3v) is 5.45. The molecule has 34 heavy (non-hydrogen) atoms. The van der Waals surface area contributed by atoms with Crippen molar-refractivity contribution in [1.29, 1.82) is 0 Å². The number of nitrogens with one attached hydrogen (secondary N) is 2. The van der Waals surface area contributed by atoms with Gasteiger partial charge in [-0.3, -0.25) is 9.59 Å². The third-order valence-electron chi connectivity index (χ3n) is 4.41. The fourth-order valence-corrected chi connectivity index (χ4v) is 3.53. The number of carbonyl (C=O) groups is 2. The molecule has 0 saturated heterocycles. The molecule has 9 heteroatoms. The minimum Gasteiger partial charge on any atom is -0.455 e. The lowest BCUT2D eigenvalue weighted by atomic mass is 10.0. The zero-order valence-electron chi connectivity index (χ0n) is 18.1. The molecule has 3 rings (SSSR count). The number of sulfonamides is 1. The van der Waals surface area contributed by atoms with Crippen LogP contribution in [0.5, 0.6) is 0 Å². The number of nitrogens with zero attached hydrogens (tertiary/aromatic N) is 1. The van der Waals surface area contributed by atoms with Crippen LogP contribution in [-0.4, -0.2) is 39.2 Å². The van der Waals surface area contributed by atoms with E-state index in [4.69, 9.17) is 4.74 Å². The van der Waals surface area contributed by atoms with Crippen molar-refractivity contribution < 1.29 is 22.7 Å². The van der Waals surface area contributed by atoms with Crippen LogP contribution in [0.15, 0.2) is 102 Å². The highest BCUT2D eigenvalue weighted by atomic mass is 32.2. The van der Waals surface area contributed by atoms with Crippen molar-refractivity contribution in [2.45, 2.75) is 0 Å².